The maximum absolute atomic E-state index is 5.32. The quantitative estimate of drug-likeness (QED) is 0.652. The zero-order valence-corrected chi connectivity index (χ0v) is 9.80. The Labute approximate surface area is 88.6 Å². The summed E-state index contributed by atoms with van der Waals surface area (Å²) in [5, 5.41) is 0. The SMILES string of the molecule is CCCC(C)CCCN1CCOCC1. The average Bonchev–Trinajstić information content (AvgIpc) is 2.20. The second-order valence-corrected chi connectivity index (χ2v) is 4.49. The predicted octanol–water partition coefficient (Wildman–Crippen LogP) is 2.54. The number of rotatable bonds is 6. The van der Waals surface area contributed by atoms with Crippen molar-refractivity contribution in [1.82, 2.24) is 4.90 Å². The van der Waals surface area contributed by atoms with Crippen LogP contribution in [0.1, 0.15) is 39.5 Å². The fourth-order valence-corrected chi connectivity index (χ4v) is 2.13. The molecule has 0 spiro atoms. The smallest absolute Gasteiger partial charge is 0.0594 e. The number of hydrogen-bond donors (Lipinski definition) is 0. The van der Waals surface area contributed by atoms with Crippen LogP contribution in [-0.4, -0.2) is 37.7 Å². The van der Waals surface area contributed by atoms with Crippen LogP contribution in [0.2, 0.25) is 0 Å². The van der Waals surface area contributed by atoms with E-state index in [1.54, 1.807) is 0 Å². The summed E-state index contributed by atoms with van der Waals surface area (Å²) < 4.78 is 5.32. The van der Waals surface area contributed by atoms with Crippen molar-refractivity contribution in [3.05, 3.63) is 0 Å². The van der Waals surface area contributed by atoms with Crippen molar-refractivity contribution in [2.24, 2.45) is 5.92 Å². The molecule has 14 heavy (non-hydrogen) atoms. The Bertz CT molecular complexity index is 132. The minimum Gasteiger partial charge on any atom is -0.379 e. The van der Waals surface area contributed by atoms with E-state index >= 15 is 0 Å². The third-order valence-corrected chi connectivity index (χ3v) is 3.06. The molecule has 1 saturated heterocycles. The van der Waals surface area contributed by atoms with Crippen LogP contribution in [-0.2, 0) is 4.74 Å². The zero-order chi connectivity index (χ0) is 10.2. The fraction of sp³-hybridized carbons (Fsp3) is 1.00. The van der Waals surface area contributed by atoms with Gasteiger partial charge in [0.2, 0.25) is 0 Å². The van der Waals surface area contributed by atoms with Gasteiger partial charge in [-0.3, -0.25) is 4.90 Å². The van der Waals surface area contributed by atoms with Gasteiger partial charge in [0.05, 0.1) is 13.2 Å². The summed E-state index contributed by atoms with van der Waals surface area (Å²) in [5.74, 6) is 0.918. The van der Waals surface area contributed by atoms with Crippen molar-refractivity contribution in [3.63, 3.8) is 0 Å². The Hall–Kier alpha value is -0.0800. The molecule has 1 unspecified atom stereocenters. The van der Waals surface area contributed by atoms with E-state index in [4.69, 9.17) is 4.74 Å². The first kappa shape index (κ1) is 12.0. The van der Waals surface area contributed by atoms with Crippen molar-refractivity contribution >= 4 is 0 Å². The lowest BCUT2D eigenvalue weighted by Gasteiger charge is -2.26. The molecule has 1 aliphatic rings. The lowest BCUT2D eigenvalue weighted by molar-refractivity contribution is 0.0367. The van der Waals surface area contributed by atoms with Crippen molar-refractivity contribution in [2.45, 2.75) is 39.5 Å². The third kappa shape index (κ3) is 4.97. The highest BCUT2D eigenvalue weighted by molar-refractivity contribution is 4.62. The van der Waals surface area contributed by atoms with Crippen LogP contribution in [0.15, 0.2) is 0 Å². The molecule has 0 saturated carbocycles. The molecule has 2 heteroatoms. The largest absolute Gasteiger partial charge is 0.379 e. The summed E-state index contributed by atoms with van der Waals surface area (Å²) in [4.78, 5) is 2.53. The molecule has 1 heterocycles. The van der Waals surface area contributed by atoms with Crippen LogP contribution >= 0.6 is 0 Å². The summed E-state index contributed by atoms with van der Waals surface area (Å²) in [6.45, 7) is 10.1. The summed E-state index contributed by atoms with van der Waals surface area (Å²) in [6, 6.07) is 0. The van der Waals surface area contributed by atoms with Gasteiger partial charge in [0.1, 0.15) is 0 Å². The van der Waals surface area contributed by atoms with E-state index in [1.165, 1.54) is 32.2 Å². The van der Waals surface area contributed by atoms with E-state index in [9.17, 15) is 0 Å². The number of hydrogen-bond acceptors (Lipinski definition) is 2. The maximum atomic E-state index is 5.32. The number of morpholine rings is 1. The highest BCUT2D eigenvalue weighted by Gasteiger charge is 2.09. The van der Waals surface area contributed by atoms with Gasteiger partial charge in [-0.2, -0.15) is 0 Å². The molecule has 0 amide bonds. The molecule has 2 nitrogen and oxygen atoms in total. The molecule has 84 valence electrons. The summed E-state index contributed by atoms with van der Waals surface area (Å²) in [5.41, 5.74) is 0. The van der Waals surface area contributed by atoms with Gasteiger partial charge >= 0.3 is 0 Å². The minimum absolute atomic E-state index is 0.918. The first-order valence-electron chi connectivity index (χ1n) is 6.13. The molecular formula is C12H25NO. The van der Waals surface area contributed by atoms with Crippen molar-refractivity contribution in [2.75, 3.05) is 32.8 Å². The Balaban J connectivity index is 1.96. The van der Waals surface area contributed by atoms with Crippen LogP contribution in [0.4, 0.5) is 0 Å². The second-order valence-electron chi connectivity index (χ2n) is 4.49. The van der Waals surface area contributed by atoms with E-state index in [-0.39, 0.29) is 0 Å². The van der Waals surface area contributed by atoms with Gasteiger partial charge in [-0.25, -0.2) is 0 Å². The predicted molar refractivity (Wildman–Crippen MR) is 60.6 cm³/mol. The molecule has 0 aliphatic carbocycles. The van der Waals surface area contributed by atoms with E-state index in [0.29, 0.717) is 0 Å². The monoisotopic (exact) mass is 199 g/mol. The van der Waals surface area contributed by atoms with Crippen molar-refractivity contribution < 1.29 is 4.74 Å². The Morgan fingerprint density at radius 2 is 1.93 bits per heavy atom. The number of nitrogens with zero attached hydrogens (tertiary/aromatic N) is 1. The van der Waals surface area contributed by atoms with Crippen LogP contribution in [0.3, 0.4) is 0 Å². The molecule has 0 bridgehead atoms. The summed E-state index contributed by atoms with van der Waals surface area (Å²) in [6.07, 6.45) is 5.48. The first-order chi connectivity index (χ1) is 6.83. The fourth-order valence-electron chi connectivity index (χ4n) is 2.13. The van der Waals surface area contributed by atoms with E-state index in [1.807, 2.05) is 0 Å². The third-order valence-electron chi connectivity index (χ3n) is 3.06. The summed E-state index contributed by atoms with van der Waals surface area (Å²) >= 11 is 0. The molecule has 1 rings (SSSR count). The Morgan fingerprint density at radius 1 is 1.21 bits per heavy atom. The molecule has 1 aliphatic heterocycles. The molecular weight excluding hydrogens is 174 g/mol. The summed E-state index contributed by atoms with van der Waals surface area (Å²) in [7, 11) is 0. The highest BCUT2D eigenvalue weighted by Crippen LogP contribution is 2.12. The van der Waals surface area contributed by atoms with Gasteiger partial charge in [0, 0.05) is 13.1 Å². The van der Waals surface area contributed by atoms with Crippen LogP contribution in [0.5, 0.6) is 0 Å². The Kier molecular flexibility index (Phi) is 6.20. The van der Waals surface area contributed by atoms with E-state index in [0.717, 1.165) is 32.2 Å². The van der Waals surface area contributed by atoms with Gasteiger partial charge in [-0.15, -0.1) is 0 Å². The lowest BCUT2D eigenvalue weighted by atomic mass is 10.0. The van der Waals surface area contributed by atoms with Crippen molar-refractivity contribution in [3.8, 4) is 0 Å². The average molecular weight is 199 g/mol. The topological polar surface area (TPSA) is 12.5 Å². The van der Waals surface area contributed by atoms with Crippen LogP contribution in [0.25, 0.3) is 0 Å². The van der Waals surface area contributed by atoms with E-state index in [2.05, 4.69) is 18.7 Å². The second kappa shape index (κ2) is 7.24. The highest BCUT2D eigenvalue weighted by atomic mass is 16.5. The molecule has 0 aromatic rings. The molecule has 0 aromatic heterocycles. The Morgan fingerprint density at radius 3 is 2.57 bits per heavy atom. The van der Waals surface area contributed by atoms with Gasteiger partial charge in [0.15, 0.2) is 0 Å². The van der Waals surface area contributed by atoms with Gasteiger partial charge in [0.25, 0.3) is 0 Å². The lowest BCUT2D eigenvalue weighted by Crippen LogP contribution is -2.36. The molecule has 0 radical (unpaired) electrons. The molecule has 0 N–H and O–H groups in total. The standard InChI is InChI=1S/C12H25NO/c1-3-5-12(2)6-4-7-13-8-10-14-11-9-13/h12H,3-11H2,1-2H3. The van der Waals surface area contributed by atoms with Gasteiger partial charge < -0.3 is 4.74 Å². The number of ether oxygens (including phenoxy) is 1. The first-order valence-corrected chi connectivity index (χ1v) is 6.13. The zero-order valence-electron chi connectivity index (χ0n) is 9.80. The molecule has 1 atom stereocenters. The van der Waals surface area contributed by atoms with Gasteiger partial charge in [-0.1, -0.05) is 26.7 Å². The normalized spacial score (nSPS) is 21.0. The maximum Gasteiger partial charge on any atom is 0.0594 e. The minimum atomic E-state index is 0.918. The van der Waals surface area contributed by atoms with Crippen LogP contribution in [0, 0.1) is 5.92 Å². The molecule has 1 fully saturated rings. The van der Waals surface area contributed by atoms with Crippen LogP contribution < -0.4 is 0 Å². The van der Waals surface area contributed by atoms with Gasteiger partial charge in [-0.05, 0) is 25.3 Å². The van der Waals surface area contributed by atoms with Crippen molar-refractivity contribution in [1.29, 1.82) is 0 Å². The molecule has 0 aromatic carbocycles. The van der Waals surface area contributed by atoms with E-state index < -0.39 is 0 Å².